The zero-order valence-electron chi connectivity index (χ0n) is 12.5. The van der Waals surface area contributed by atoms with Crippen LogP contribution in [0.4, 0.5) is 0 Å². The second-order valence-electron chi connectivity index (χ2n) is 5.10. The van der Waals surface area contributed by atoms with Crippen molar-refractivity contribution in [3.05, 3.63) is 0 Å². The topological polar surface area (TPSA) is 121 Å². The molecule has 0 aliphatic carbocycles. The molecular formula is C14H24O7. The number of unbranched alkanes of at least 4 members (excludes halogenated alkanes) is 2. The number of carboxylic acid groups (broad SMARTS) is 2. The Bertz CT molecular complexity index is 366. The predicted molar refractivity (Wildman–Crippen MR) is 73.8 cm³/mol. The molecule has 0 aromatic heterocycles. The van der Waals surface area contributed by atoms with Gasteiger partial charge in [0, 0.05) is 0 Å². The minimum Gasteiger partial charge on any atom is -0.481 e. The summed E-state index contributed by atoms with van der Waals surface area (Å²) in [4.78, 5) is 33.2. The van der Waals surface area contributed by atoms with E-state index in [0.29, 0.717) is 12.8 Å². The normalized spacial score (nSPS) is 15.0. The molecule has 0 amide bonds. The Morgan fingerprint density at radius 3 is 2.14 bits per heavy atom. The van der Waals surface area contributed by atoms with Crippen molar-refractivity contribution in [2.75, 3.05) is 0 Å². The number of rotatable bonds is 11. The molecule has 0 aromatic rings. The van der Waals surface area contributed by atoms with Crippen molar-refractivity contribution in [3.8, 4) is 0 Å². The molecule has 0 fully saturated rings. The van der Waals surface area contributed by atoms with Crippen molar-refractivity contribution in [3.63, 3.8) is 0 Å². The zero-order valence-corrected chi connectivity index (χ0v) is 12.5. The molecule has 0 saturated carbocycles. The SMILES string of the molecule is CCCCCC(CC)OC(=O)CC(O)(CC(=O)O)C(=O)O. The smallest absolute Gasteiger partial charge is 0.336 e. The fourth-order valence-corrected chi connectivity index (χ4v) is 1.90. The number of carboxylic acids is 2. The van der Waals surface area contributed by atoms with Gasteiger partial charge in [-0.1, -0.05) is 26.7 Å². The highest BCUT2D eigenvalue weighted by molar-refractivity contribution is 5.88. The van der Waals surface area contributed by atoms with Crippen LogP contribution < -0.4 is 0 Å². The number of aliphatic hydroxyl groups is 1. The maximum atomic E-state index is 11.7. The number of hydrogen-bond donors (Lipinski definition) is 3. The van der Waals surface area contributed by atoms with Gasteiger partial charge in [-0.25, -0.2) is 4.79 Å². The van der Waals surface area contributed by atoms with Gasteiger partial charge < -0.3 is 20.1 Å². The fourth-order valence-electron chi connectivity index (χ4n) is 1.90. The lowest BCUT2D eigenvalue weighted by Crippen LogP contribution is -2.43. The number of esters is 1. The van der Waals surface area contributed by atoms with Crippen LogP contribution >= 0.6 is 0 Å². The number of carbonyl (C=O) groups is 3. The lowest BCUT2D eigenvalue weighted by atomic mass is 9.96. The summed E-state index contributed by atoms with van der Waals surface area (Å²) < 4.78 is 5.12. The van der Waals surface area contributed by atoms with E-state index in [-0.39, 0.29) is 6.10 Å². The van der Waals surface area contributed by atoms with E-state index in [1.54, 1.807) is 0 Å². The number of carbonyl (C=O) groups excluding carboxylic acids is 1. The highest BCUT2D eigenvalue weighted by atomic mass is 16.5. The molecule has 7 nitrogen and oxygen atoms in total. The van der Waals surface area contributed by atoms with E-state index in [4.69, 9.17) is 14.9 Å². The van der Waals surface area contributed by atoms with Crippen LogP contribution in [0.25, 0.3) is 0 Å². The number of aliphatic carboxylic acids is 2. The summed E-state index contributed by atoms with van der Waals surface area (Å²) in [6.45, 7) is 3.89. The fraction of sp³-hybridized carbons (Fsp3) is 0.786. The van der Waals surface area contributed by atoms with Crippen LogP contribution in [0.15, 0.2) is 0 Å². The molecule has 0 heterocycles. The minimum atomic E-state index is -2.63. The molecule has 122 valence electrons. The Balaban J connectivity index is 4.54. The van der Waals surface area contributed by atoms with Crippen LogP contribution in [0.5, 0.6) is 0 Å². The molecule has 0 radical (unpaired) electrons. The van der Waals surface area contributed by atoms with E-state index in [9.17, 15) is 19.5 Å². The second kappa shape index (κ2) is 9.33. The summed E-state index contributed by atoms with van der Waals surface area (Å²) in [6.07, 6.45) is 1.91. The van der Waals surface area contributed by atoms with Crippen molar-refractivity contribution >= 4 is 17.9 Å². The third-order valence-corrected chi connectivity index (χ3v) is 3.16. The first kappa shape index (κ1) is 19.4. The molecule has 2 unspecified atom stereocenters. The van der Waals surface area contributed by atoms with Gasteiger partial charge in [0.25, 0.3) is 0 Å². The minimum absolute atomic E-state index is 0.341. The van der Waals surface area contributed by atoms with E-state index in [2.05, 4.69) is 0 Å². The summed E-state index contributed by atoms with van der Waals surface area (Å²) in [5.74, 6) is -4.15. The van der Waals surface area contributed by atoms with Crippen molar-refractivity contribution in [1.82, 2.24) is 0 Å². The van der Waals surface area contributed by atoms with E-state index in [1.165, 1.54) is 0 Å². The first-order valence-corrected chi connectivity index (χ1v) is 7.12. The summed E-state index contributed by atoms with van der Waals surface area (Å²) in [7, 11) is 0. The van der Waals surface area contributed by atoms with Gasteiger partial charge in [0.1, 0.15) is 6.10 Å². The van der Waals surface area contributed by atoms with Crippen LogP contribution in [-0.2, 0) is 19.1 Å². The molecule has 0 bridgehead atoms. The van der Waals surface area contributed by atoms with Gasteiger partial charge in [0.15, 0.2) is 5.60 Å². The second-order valence-corrected chi connectivity index (χ2v) is 5.10. The molecule has 0 spiro atoms. The molecule has 21 heavy (non-hydrogen) atoms. The molecule has 3 N–H and O–H groups in total. The molecule has 0 saturated heterocycles. The lowest BCUT2D eigenvalue weighted by molar-refractivity contribution is -0.173. The highest BCUT2D eigenvalue weighted by Crippen LogP contribution is 2.19. The summed E-state index contributed by atoms with van der Waals surface area (Å²) in [6, 6.07) is 0. The van der Waals surface area contributed by atoms with Gasteiger partial charge in [-0.05, 0) is 19.3 Å². The molecule has 0 aliphatic rings. The average Bonchev–Trinajstić information content (AvgIpc) is 2.36. The van der Waals surface area contributed by atoms with Crippen molar-refractivity contribution < 1.29 is 34.4 Å². The van der Waals surface area contributed by atoms with Crippen LogP contribution in [0, 0.1) is 0 Å². The lowest BCUT2D eigenvalue weighted by Gasteiger charge is -2.22. The van der Waals surface area contributed by atoms with Crippen LogP contribution in [-0.4, -0.2) is 44.9 Å². The van der Waals surface area contributed by atoms with E-state index < -0.39 is 36.4 Å². The van der Waals surface area contributed by atoms with Crippen LogP contribution in [0.1, 0.15) is 58.8 Å². The molecule has 0 aromatic carbocycles. The van der Waals surface area contributed by atoms with Crippen molar-refractivity contribution in [2.45, 2.75) is 70.5 Å². The van der Waals surface area contributed by atoms with Crippen molar-refractivity contribution in [2.24, 2.45) is 0 Å². The molecular weight excluding hydrogens is 280 g/mol. The number of ether oxygens (including phenoxy) is 1. The monoisotopic (exact) mass is 304 g/mol. The first-order chi connectivity index (χ1) is 9.75. The summed E-state index contributed by atoms with van der Waals surface area (Å²) in [5, 5.41) is 27.2. The third-order valence-electron chi connectivity index (χ3n) is 3.16. The maximum Gasteiger partial charge on any atom is 0.336 e. The average molecular weight is 304 g/mol. The Labute approximate surface area is 123 Å². The van der Waals surface area contributed by atoms with E-state index in [0.717, 1.165) is 19.3 Å². The summed E-state index contributed by atoms with van der Waals surface area (Å²) in [5.41, 5.74) is -2.63. The van der Waals surface area contributed by atoms with Crippen LogP contribution in [0.3, 0.4) is 0 Å². The standard InChI is InChI=1S/C14H24O7/c1-3-5-6-7-10(4-2)21-12(17)9-14(20,13(18)19)8-11(15)16/h10,20H,3-9H2,1-2H3,(H,15,16)(H,18,19). The molecule has 2 atom stereocenters. The van der Waals surface area contributed by atoms with E-state index in [1.807, 2.05) is 13.8 Å². The van der Waals surface area contributed by atoms with Gasteiger partial charge >= 0.3 is 17.9 Å². The number of hydrogen-bond acceptors (Lipinski definition) is 5. The quantitative estimate of drug-likeness (QED) is 0.391. The zero-order chi connectivity index (χ0) is 16.5. The van der Waals surface area contributed by atoms with Crippen molar-refractivity contribution in [1.29, 1.82) is 0 Å². The first-order valence-electron chi connectivity index (χ1n) is 7.12. The largest absolute Gasteiger partial charge is 0.481 e. The molecule has 0 aliphatic heterocycles. The Morgan fingerprint density at radius 1 is 1.10 bits per heavy atom. The van der Waals surface area contributed by atoms with Gasteiger partial charge in [-0.2, -0.15) is 0 Å². The van der Waals surface area contributed by atoms with Gasteiger partial charge in [-0.3, -0.25) is 9.59 Å². The Morgan fingerprint density at radius 2 is 1.71 bits per heavy atom. The van der Waals surface area contributed by atoms with Crippen LogP contribution in [0.2, 0.25) is 0 Å². The van der Waals surface area contributed by atoms with E-state index >= 15 is 0 Å². The molecule has 7 heteroatoms. The predicted octanol–water partition coefficient (Wildman–Crippen LogP) is 1.57. The third kappa shape index (κ3) is 7.65. The Hall–Kier alpha value is -1.63. The van der Waals surface area contributed by atoms with Gasteiger partial charge in [-0.15, -0.1) is 0 Å². The van der Waals surface area contributed by atoms with Gasteiger partial charge in [0.05, 0.1) is 12.8 Å². The Kier molecular flexibility index (Phi) is 8.61. The maximum absolute atomic E-state index is 11.7. The molecule has 0 rings (SSSR count). The van der Waals surface area contributed by atoms with Gasteiger partial charge in [0.2, 0.25) is 0 Å². The highest BCUT2D eigenvalue weighted by Gasteiger charge is 2.41. The summed E-state index contributed by atoms with van der Waals surface area (Å²) >= 11 is 0.